The van der Waals surface area contributed by atoms with Crippen LogP contribution in [0.2, 0.25) is 18.1 Å². The minimum Gasteiger partial charge on any atom is -0.416 e. The number of hydrogen-bond donors (Lipinski definition) is 1. The summed E-state index contributed by atoms with van der Waals surface area (Å²) in [6.07, 6.45) is 3.46. The van der Waals surface area contributed by atoms with Crippen molar-refractivity contribution in [3.8, 4) is 0 Å². The molecule has 0 spiro atoms. The minimum absolute atomic E-state index is 0.0421. The molecule has 1 N–H and O–H groups in total. The molecule has 32 heavy (non-hydrogen) atoms. The number of ether oxygens (including phenoxy) is 3. The van der Waals surface area contributed by atoms with Crippen LogP contribution in [0.4, 0.5) is 0 Å². The molecular formula is C22H43O8PSi. The molecule has 8 nitrogen and oxygen atoms in total. The zero-order valence-electron chi connectivity index (χ0n) is 20.8. The average Bonchev–Trinajstić information content (AvgIpc) is 3.18. The van der Waals surface area contributed by atoms with Gasteiger partial charge in [0.25, 0.3) is 0 Å². The predicted octanol–water partition coefficient (Wildman–Crippen LogP) is 4.52. The number of rotatable bonds is 9. The number of hydrogen-bond acceptors (Lipinski definition) is 8. The second-order valence-corrected chi connectivity index (χ2v) is 18.1. The van der Waals surface area contributed by atoms with E-state index in [0.717, 1.165) is 25.9 Å². The van der Waals surface area contributed by atoms with Crippen molar-refractivity contribution in [1.29, 1.82) is 0 Å². The maximum atomic E-state index is 12.7. The molecule has 1 aliphatic carbocycles. The third-order valence-corrected chi connectivity index (χ3v) is 14.3. The Kier molecular flexibility index (Phi) is 8.39. The average molecular weight is 495 g/mol. The van der Waals surface area contributed by atoms with Gasteiger partial charge in [-0.2, -0.15) is 0 Å². The lowest BCUT2D eigenvalue weighted by Gasteiger charge is -2.38. The number of fused-ring (bicyclic) bond motifs is 1. The summed E-state index contributed by atoms with van der Waals surface area (Å²) in [7, 11) is -2.72. The molecule has 1 saturated carbocycles. The highest BCUT2D eigenvalue weighted by molar-refractivity contribution is 7.53. The topological polar surface area (TPSA) is 92.7 Å². The Hall–Kier alpha value is 0.167. The first-order valence-electron chi connectivity index (χ1n) is 11.8. The fraction of sp³-hybridized carbons (Fsp3) is 1.00. The van der Waals surface area contributed by atoms with Gasteiger partial charge < -0.3 is 32.8 Å². The van der Waals surface area contributed by atoms with E-state index in [9.17, 15) is 9.67 Å². The third-order valence-electron chi connectivity index (χ3n) is 7.80. The summed E-state index contributed by atoms with van der Waals surface area (Å²) >= 11 is 0. The monoisotopic (exact) mass is 494 g/mol. The van der Waals surface area contributed by atoms with Gasteiger partial charge in [-0.1, -0.05) is 20.8 Å². The molecule has 3 fully saturated rings. The van der Waals surface area contributed by atoms with Crippen LogP contribution in [0.5, 0.6) is 0 Å². The molecule has 0 aromatic rings. The standard InChI is InChI=1S/C22H43O8PSi/c1-21(2,3)32(6,7)28-14-17-16-13-22(23,15-31(24,25-4)26-5)30-19(16)12-18(17)29-20-10-8-9-11-27-20/h16-20,23H,8-15H2,1-7H3/t16-,17-,18-,19+,20?,22?/m1/s1. The highest BCUT2D eigenvalue weighted by Crippen LogP contribution is 2.56. The molecule has 2 heterocycles. The molecule has 0 aromatic heterocycles. The van der Waals surface area contributed by atoms with Gasteiger partial charge in [0.2, 0.25) is 0 Å². The van der Waals surface area contributed by atoms with Gasteiger partial charge in [0.1, 0.15) is 6.16 Å². The van der Waals surface area contributed by atoms with Gasteiger partial charge in [-0.05, 0) is 43.3 Å². The zero-order chi connectivity index (χ0) is 23.8. The van der Waals surface area contributed by atoms with Gasteiger partial charge in [-0.25, -0.2) is 0 Å². The molecule has 3 aliphatic rings. The van der Waals surface area contributed by atoms with Crippen LogP contribution in [0.1, 0.15) is 52.9 Å². The van der Waals surface area contributed by atoms with Crippen molar-refractivity contribution in [3.05, 3.63) is 0 Å². The Morgan fingerprint density at radius 3 is 2.44 bits per heavy atom. The predicted molar refractivity (Wildman–Crippen MR) is 124 cm³/mol. The van der Waals surface area contributed by atoms with Gasteiger partial charge >= 0.3 is 7.60 Å². The summed E-state index contributed by atoms with van der Waals surface area (Å²) in [5.41, 5.74) is 0. The van der Waals surface area contributed by atoms with Crippen molar-refractivity contribution in [2.75, 3.05) is 33.6 Å². The smallest absolute Gasteiger partial charge is 0.335 e. The van der Waals surface area contributed by atoms with Crippen LogP contribution >= 0.6 is 7.60 Å². The Morgan fingerprint density at radius 1 is 1.19 bits per heavy atom. The molecular weight excluding hydrogens is 451 g/mol. The summed E-state index contributed by atoms with van der Waals surface area (Å²) in [5.74, 6) is -1.43. The molecule has 2 unspecified atom stereocenters. The van der Waals surface area contributed by atoms with E-state index in [2.05, 4.69) is 33.9 Å². The molecule has 6 atom stereocenters. The summed E-state index contributed by atoms with van der Waals surface area (Å²) < 4.78 is 47.7. The largest absolute Gasteiger partial charge is 0.416 e. The highest BCUT2D eigenvalue weighted by Gasteiger charge is 2.58. The lowest BCUT2D eigenvalue weighted by molar-refractivity contribution is -0.210. The van der Waals surface area contributed by atoms with Crippen molar-refractivity contribution in [2.45, 2.75) is 95.3 Å². The van der Waals surface area contributed by atoms with Crippen molar-refractivity contribution in [3.63, 3.8) is 0 Å². The van der Waals surface area contributed by atoms with E-state index in [1.807, 2.05) is 0 Å². The maximum Gasteiger partial charge on any atom is 0.335 e. The third kappa shape index (κ3) is 6.04. The van der Waals surface area contributed by atoms with Crippen LogP contribution < -0.4 is 0 Å². The fourth-order valence-corrected chi connectivity index (χ4v) is 7.03. The van der Waals surface area contributed by atoms with Crippen molar-refractivity contribution >= 4 is 15.9 Å². The van der Waals surface area contributed by atoms with Crippen LogP contribution in [0.15, 0.2) is 0 Å². The second-order valence-electron chi connectivity index (χ2n) is 11.0. The first-order valence-corrected chi connectivity index (χ1v) is 16.5. The molecule has 3 rings (SSSR count). The van der Waals surface area contributed by atoms with E-state index in [0.29, 0.717) is 19.4 Å². The van der Waals surface area contributed by atoms with Crippen LogP contribution in [-0.2, 0) is 32.2 Å². The summed E-state index contributed by atoms with van der Waals surface area (Å²) in [5, 5.41) is 11.2. The SMILES string of the molecule is COP(=O)(CC1(O)C[C@@H]2[C@@H](CO[Si](C)(C)C(C)(C)C)[C@H](OC3CCCCO3)C[C@@H]2O1)OC. The lowest BCUT2D eigenvalue weighted by Crippen LogP contribution is -2.44. The van der Waals surface area contributed by atoms with E-state index < -0.39 is 21.7 Å². The van der Waals surface area contributed by atoms with E-state index in [4.69, 9.17) is 27.7 Å². The fourth-order valence-electron chi connectivity index (χ4n) is 4.78. The van der Waals surface area contributed by atoms with Gasteiger partial charge in [0.15, 0.2) is 20.4 Å². The zero-order valence-corrected chi connectivity index (χ0v) is 22.7. The van der Waals surface area contributed by atoms with Crippen LogP contribution in [0.25, 0.3) is 0 Å². The highest BCUT2D eigenvalue weighted by atomic mass is 31.2. The maximum absolute atomic E-state index is 12.7. The van der Waals surface area contributed by atoms with Gasteiger partial charge in [0, 0.05) is 46.2 Å². The lowest BCUT2D eigenvalue weighted by atomic mass is 9.90. The number of aliphatic hydroxyl groups is 1. The molecule has 0 amide bonds. The van der Waals surface area contributed by atoms with Crippen LogP contribution in [0, 0.1) is 11.8 Å². The van der Waals surface area contributed by atoms with E-state index in [1.54, 1.807) is 0 Å². The Bertz CT molecular complexity index is 669. The normalized spacial score (nSPS) is 36.4. The Morgan fingerprint density at radius 2 is 1.88 bits per heavy atom. The van der Waals surface area contributed by atoms with E-state index in [-0.39, 0.29) is 41.5 Å². The summed E-state index contributed by atoms with van der Waals surface area (Å²) in [6, 6.07) is 0. The molecule has 0 bridgehead atoms. The molecule has 10 heteroatoms. The molecule has 2 aliphatic heterocycles. The minimum atomic E-state index is -3.41. The first kappa shape index (κ1) is 26.8. The van der Waals surface area contributed by atoms with E-state index >= 15 is 0 Å². The summed E-state index contributed by atoms with van der Waals surface area (Å²) in [4.78, 5) is 0. The van der Waals surface area contributed by atoms with Crippen molar-refractivity contribution < 1.29 is 37.4 Å². The van der Waals surface area contributed by atoms with Gasteiger partial charge in [0.05, 0.1) is 12.2 Å². The molecule has 0 radical (unpaired) electrons. The summed E-state index contributed by atoms with van der Waals surface area (Å²) in [6.45, 7) is 12.5. The van der Waals surface area contributed by atoms with Crippen LogP contribution in [0.3, 0.4) is 0 Å². The Labute approximate surface area is 194 Å². The quantitative estimate of drug-likeness (QED) is 0.369. The van der Waals surface area contributed by atoms with Gasteiger partial charge in [-0.15, -0.1) is 0 Å². The van der Waals surface area contributed by atoms with Crippen molar-refractivity contribution in [2.24, 2.45) is 11.8 Å². The first-order chi connectivity index (χ1) is 14.8. The molecule has 188 valence electrons. The molecule has 0 aromatic carbocycles. The van der Waals surface area contributed by atoms with E-state index in [1.165, 1.54) is 14.2 Å². The van der Waals surface area contributed by atoms with Gasteiger partial charge in [-0.3, -0.25) is 4.57 Å². The second kappa shape index (κ2) is 10.0. The van der Waals surface area contributed by atoms with Crippen molar-refractivity contribution in [1.82, 2.24) is 0 Å². The molecule has 2 saturated heterocycles. The Balaban J connectivity index is 1.74. The van der Waals surface area contributed by atoms with Crippen LogP contribution in [-0.4, -0.2) is 71.3 Å².